The van der Waals surface area contributed by atoms with Gasteiger partial charge in [-0.3, -0.25) is 14.1 Å². The molecule has 0 unspecified atom stereocenters. The summed E-state index contributed by atoms with van der Waals surface area (Å²) in [6.07, 6.45) is 8.58. The summed E-state index contributed by atoms with van der Waals surface area (Å²) in [5, 5.41) is 1.90. The number of hydrogen-bond donors (Lipinski definition) is 0. The normalized spacial score (nSPS) is 18.8. The van der Waals surface area contributed by atoms with Gasteiger partial charge in [0.25, 0.3) is 5.56 Å². The van der Waals surface area contributed by atoms with Gasteiger partial charge in [0.15, 0.2) is 4.96 Å². The summed E-state index contributed by atoms with van der Waals surface area (Å²) in [6, 6.07) is 12.4. The minimum atomic E-state index is 0.00632. The van der Waals surface area contributed by atoms with E-state index in [1.165, 1.54) is 23.3 Å². The second kappa shape index (κ2) is 6.71. The van der Waals surface area contributed by atoms with Gasteiger partial charge in [0.1, 0.15) is 0 Å². The van der Waals surface area contributed by atoms with Gasteiger partial charge in [-0.05, 0) is 24.9 Å². The van der Waals surface area contributed by atoms with Gasteiger partial charge in [0.2, 0.25) is 0 Å². The van der Waals surface area contributed by atoms with Crippen LogP contribution in [-0.4, -0.2) is 26.9 Å². The number of benzene rings is 1. The zero-order valence-electron chi connectivity index (χ0n) is 13.3. The number of nitrogens with zero attached hydrogens (tertiary/aromatic N) is 3. The third-order valence-electron chi connectivity index (χ3n) is 4.45. The van der Waals surface area contributed by atoms with Gasteiger partial charge in [0.05, 0.1) is 5.69 Å². The Labute approximate surface area is 144 Å². The van der Waals surface area contributed by atoms with Crippen LogP contribution >= 0.6 is 11.3 Å². The van der Waals surface area contributed by atoms with Crippen LogP contribution in [0.2, 0.25) is 0 Å². The molecular weight excluding hydrogens is 318 g/mol. The van der Waals surface area contributed by atoms with Crippen LogP contribution in [0.5, 0.6) is 0 Å². The average molecular weight is 337 g/mol. The van der Waals surface area contributed by atoms with Crippen molar-refractivity contribution in [3.63, 3.8) is 0 Å². The lowest BCUT2D eigenvalue weighted by molar-refractivity contribution is 0.279. The molecule has 0 aliphatic carbocycles. The summed E-state index contributed by atoms with van der Waals surface area (Å²) in [6.45, 7) is 1.78. The van der Waals surface area contributed by atoms with E-state index < -0.39 is 0 Å². The van der Waals surface area contributed by atoms with Crippen LogP contribution in [0.15, 0.2) is 58.8 Å². The molecule has 1 fully saturated rings. The quantitative estimate of drug-likeness (QED) is 0.732. The summed E-state index contributed by atoms with van der Waals surface area (Å²) in [5.41, 5.74) is 2.09. The standard InChI is InChI=1S/C19H19N3OS/c23-18-13-16(20-19-22(18)11-12-24-19)14-21-10-4-7-17(21)9-8-15-5-2-1-3-6-15/h1-3,5-6,8-9,11-13,17H,4,7,10,14H2/b9-8+/t17-/m0/s1. The fourth-order valence-corrected chi connectivity index (χ4v) is 3.97. The Bertz CT molecular complexity index is 913. The van der Waals surface area contributed by atoms with Crippen LogP contribution in [0.1, 0.15) is 24.1 Å². The fraction of sp³-hybridized carbons (Fsp3) is 0.263. The molecule has 24 heavy (non-hydrogen) atoms. The third-order valence-corrected chi connectivity index (χ3v) is 5.20. The van der Waals surface area contributed by atoms with Gasteiger partial charge in [-0.25, -0.2) is 4.98 Å². The van der Waals surface area contributed by atoms with Crippen molar-refractivity contribution in [1.82, 2.24) is 14.3 Å². The van der Waals surface area contributed by atoms with E-state index in [0.717, 1.165) is 30.2 Å². The molecule has 122 valence electrons. The molecule has 0 radical (unpaired) electrons. The van der Waals surface area contributed by atoms with Crippen LogP contribution in [0.25, 0.3) is 11.0 Å². The van der Waals surface area contributed by atoms with E-state index in [9.17, 15) is 4.79 Å². The molecule has 1 saturated heterocycles. The fourth-order valence-electron chi connectivity index (χ4n) is 3.23. The van der Waals surface area contributed by atoms with E-state index in [4.69, 9.17) is 0 Å². The molecule has 1 aromatic carbocycles. The first-order valence-corrected chi connectivity index (χ1v) is 9.11. The van der Waals surface area contributed by atoms with E-state index in [2.05, 4.69) is 46.3 Å². The lowest BCUT2D eigenvalue weighted by atomic mass is 10.1. The van der Waals surface area contributed by atoms with Crippen molar-refractivity contribution in [2.45, 2.75) is 25.4 Å². The maximum Gasteiger partial charge on any atom is 0.258 e. The minimum absolute atomic E-state index is 0.00632. The van der Waals surface area contributed by atoms with Crippen LogP contribution in [0, 0.1) is 0 Å². The number of rotatable bonds is 4. The first-order valence-electron chi connectivity index (χ1n) is 8.23. The molecule has 0 spiro atoms. The van der Waals surface area contributed by atoms with Gasteiger partial charge in [0, 0.05) is 30.2 Å². The van der Waals surface area contributed by atoms with Crippen LogP contribution in [0.3, 0.4) is 0 Å². The molecule has 1 atom stereocenters. The van der Waals surface area contributed by atoms with E-state index >= 15 is 0 Å². The molecule has 3 aromatic rings. The molecule has 0 bridgehead atoms. The molecule has 5 heteroatoms. The number of aromatic nitrogens is 2. The van der Waals surface area contributed by atoms with Gasteiger partial charge >= 0.3 is 0 Å². The predicted molar refractivity (Wildman–Crippen MR) is 98.2 cm³/mol. The minimum Gasteiger partial charge on any atom is -0.291 e. The second-order valence-corrected chi connectivity index (χ2v) is 6.96. The molecule has 1 aliphatic rings. The van der Waals surface area contributed by atoms with Crippen molar-refractivity contribution < 1.29 is 0 Å². The average Bonchev–Trinajstić information content (AvgIpc) is 3.23. The first kappa shape index (κ1) is 15.3. The van der Waals surface area contributed by atoms with Crippen molar-refractivity contribution in [3.05, 3.63) is 75.7 Å². The molecule has 3 heterocycles. The molecule has 2 aromatic heterocycles. The zero-order valence-corrected chi connectivity index (χ0v) is 14.2. The van der Waals surface area contributed by atoms with Crippen molar-refractivity contribution in [2.75, 3.05) is 6.54 Å². The molecule has 4 nitrogen and oxygen atoms in total. The van der Waals surface area contributed by atoms with Gasteiger partial charge in [-0.15, -0.1) is 11.3 Å². The summed E-state index contributed by atoms with van der Waals surface area (Å²) in [5.74, 6) is 0. The molecule has 0 saturated carbocycles. The van der Waals surface area contributed by atoms with Crippen molar-refractivity contribution >= 4 is 22.4 Å². The Kier molecular flexibility index (Phi) is 4.28. The van der Waals surface area contributed by atoms with Crippen molar-refractivity contribution in [2.24, 2.45) is 0 Å². The van der Waals surface area contributed by atoms with Gasteiger partial charge < -0.3 is 0 Å². The van der Waals surface area contributed by atoms with E-state index in [1.54, 1.807) is 16.7 Å². The van der Waals surface area contributed by atoms with Crippen LogP contribution < -0.4 is 5.56 Å². The highest BCUT2D eigenvalue weighted by Gasteiger charge is 2.22. The Morgan fingerprint density at radius 2 is 2.17 bits per heavy atom. The third kappa shape index (κ3) is 3.18. The first-order chi connectivity index (χ1) is 11.8. The Morgan fingerprint density at radius 1 is 1.29 bits per heavy atom. The van der Waals surface area contributed by atoms with E-state index in [1.807, 2.05) is 11.4 Å². The molecule has 1 aliphatic heterocycles. The molecule has 0 amide bonds. The number of likely N-dealkylation sites (tertiary alicyclic amines) is 1. The number of thiazole rings is 1. The second-order valence-electron chi connectivity index (χ2n) is 6.09. The highest BCUT2D eigenvalue weighted by Crippen LogP contribution is 2.21. The lowest BCUT2D eigenvalue weighted by Crippen LogP contribution is -2.28. The Morgan fingerprint density at radius 3 is 3.04 bits per heavy atom. The van der Waals surface area contributed by atoms with Crippen LogP contribution in [-0.2, 0) is 6.54 Å². The summed E-state index contributed by atoms with van der Waals surface area (Å²) >= 11 is 1.50. The number of fused-ring (bicyclic) bond motifs is 1. The summed E-state index contributed by atoms with van der Waals surface area (Å²) in [4.78, 5) is 19.9. The lowest BCUT2D eigenvalue weighted by Gasteiger charge is -2.21. The Balaban J connectivity index is 1.52. The monoisotopic (exact) mass is 337 g/mol. The predicted octanol–water partition coefficient (Wildman–Crippen LogP) is 3.43. The van der Waals surface area contributed by atoms with Gasteiger partial charge in [-0.1, -0.05) is 42.5 Å². The summed E-state index contributed by atoms with van der Waals surface area (Å²) < 4.78 is 1.60. The summed E-state index contributed by atoms with van der Waals surface area (Å²) in [7, 11) is 0. The Hall–Kier alpha value is -2.24. The maximum atomic E-state index is 12.1. The molecule has 4 rings (SSSR count). The van der Waals surface area contributed by atoms with Crippen LogP contribution in [0.4, 0.5) is 0 Å². The molecule has 0 N–H and O–H groups in total. The maximum absolute atomic E-state index is 12.1. The largest absolute Gasteiger partial charge is 0.291 e. The van der Waals surface area contributed by atoms with Crippen molar-refractivity contribution in [3.8, 4) is 0 Å². The van der Waals surface area contributed by atoms with E-state index in [0.29, 0.717) is 6.04 Å². The van der Waals surface area contributed by atoms with Crippen molar-refractivity contribution in [1.29, 1.82) is 0 Å². The zero-order chi connectivity index (χ0) is 16.4. The smallest absolute Gasteiger partial charge is 0.258 e. The SMILES string of the molecule is O=c1cc(CN2CCC[C@H]2/C=C/c2ccccc2)nc2sccn12. The highest BCUT2D eigenvalue weighted by atomic mass is 32.1. The van der Waals surface area contributed by atoms with E-state index in [-0.39, 0.29) is 5.56 Å². The highest BCUT2D eigenvalue weighted by molar-refractivity contribution is 7.15. The topological polar surface area (TPSA) is 37.6 Å². The van der Waals surface area contributed by atoms with Gasteiger partial charge in [-0.2, -0.15) is 0 Å². The molecular formula is C19H19N3OS. The number of hydrogen-bond acceptors (Lipinski definition) is 4.